The zero-order valence-electron chi connectivity index (χ0n) is 13.7. The summed E-state index contributed by atoms with van der Waals surface area (Å²) in [6.07, 6.45) is 14.6. The molecule has 2 aliphatic carbocycles. The fraction of sp³-hybridized carbons (Fsp3) is 1.00. The lowest BCUT2D eigenvalue weighted by atomic mass is 9.80. The lowest BCUT2D eigenvalue weighted by Crippen LogP contribution is -2.47. The van der Waals surface area contributed by atoms with E-state index in [4.69, 9.17) is 4.74 Å². The lowest BCUT2D eigenvalue weighted by molar-refractivity contribution is -0.0222. The summed E-state index contributed by atoms with van der Waals surface area (Å²) in [5, 5.41) is 3.77. The van der Waals surface area contributed by atoms with Crippen molar-refractivity contribution in [1.82, 2.24) is 5.32 Å². The van der Waals surface area contributed by atoms with Crippen LogP contribution < -0.4 is 5.32 Å². The smallest absolute Gasteiger partial charge is 0.0756 e. The Balaban J connectivity index is 1.96. The highest BCUT2D eigenvalue weighted by atomic mass is 16.5. The lowest BCUT2D eigenvalue weighted by Gasteiger charge is -2.37. The van der Waals surface area contributed by atoms with Crippen LogP contribution in [-0.2, 0) is 4.74 Å². The number of nitrogens with one attached hydrogen (secondary N) is 1. The standard InChI is InChI=1S/C18H35NO/c1-3-19-17(14-15-10-8-9-11-15)18(20-4-2)16-12-6-5-7-13-16/h15-19H,3-14H2,1-2H3. The molecule has 118 valence electrons. The summed E-state index contributed by atoms with van der Waals surface area (Å²) >= 11 is 0. The van der Waals surface area contributed by atoms with Gasteiger partial charge in [0.1, 0.15) is 0 Å². The van der Waals surface area contributed by atoms with Gasteiger partial charge in [0.05, 0.1) is 6.10 Å². The van der Waals surface area contributed by atoms with E-state index in [1.807, 2.05) is 0 Å². The molecule has 0 spiro atoms. The molecule has 0 bridgehead atoms. The zero-order chi connectivity index (χ0) is 14.2. The third-order valence-electron chi connectivity index (χ3n) is 5.40. The summed E-state index contributed by atoms with van der Waals surface area (Å²) in [6, 6.07) is 0.589. The topological polar surface area (TPSA) is 21.3 Å². The molecule has 0 aromatic rings. The van der Waals surface area contributed by atoms with Gasteiger partial charge >= 0.3 is 0 Å². The second-order valence-electron chi connectivity index (χ2n) is 6.87. The Morgan fingerprint density at radius 1 is 0.950 bits per heavy atom. The molecule has 2 atom stereocenters. The highest BCUT2D eigenvalue weighted by Crippen LogP contribution is 2.34. The molecule has 2 unspecified atom stereocenters. The maximum Gasteiger partial charge on any atom is 0.0756 e. The van der Waals surface area contributed by atoms with Gasteiger partial charge in [-0.2, -0.15) is 0 Å². The van der Waals surface area contributed by atoms with Crippen molar-refractivity contribution in [2.24, 2.45) is 11.8 Å². The predicted molar refractivity (Wildman–Crippen MR) is 86.0 cm³/mol. The molecule has 0 aliphatic heterocycles. The van der Waals surface area contributed by atoms with Crippen LogP contribution in [0.25, 0.3) is 0 Å². The Labute approximate surface area is 126 Å². The van der Waals surface area contributed by atoms with Gasteiger partial charge in [-0.1, -0.05) is 51.9 Å². The fourth-order valence-corrected chi connectivity index (χ4v) is 4.44. The van der Waals surface area contributed by atoms with E-state index in [9.17, 15) is 0 Å². The summed E-state index contributed by atoms with van der Waals surface area (Å²) in [5.41, 5.74) is 0. The fourth-order valence-electron chi connectivity index (χ4n) is 4.44. The summed E-state index contributed by atoms with van der Waals surface area (Å²) < 4.78 is 6.24. The van der Waals surface area contributed by atoms with E-state index < -0.39 is 0 Å². The van der Waals surface area contributed by atoms with Crippen LogP contribution >= 0.6 is 0 Å². The third-order valence-corrected chi connectivity index (χ3v) is 5.40. The molecule has 2 aliphatic rings. The normalized spacial score (nSPS) is 24.9. The van der Waals surface area contributed by atoms with Crippen LogP contribution in [0.2, 0.25) is 0 Å². The Hall–Kier alpha value is -0.0800. The van der Waals surface area contributed by atoms with E-state index in [1.165, 1.54) is 64.2 Å². The van der Waals surface area contributed by atoms with E-state index in [2.05, 4.69) is 19.2 Å². The number of hydrogen-bond acceptors (Lipinski definition) is 2. The van der Waals surface area contributed by atoms with E-state index in [0.717, 1.165) is 25.0 Å². The molecular formula is C18H35NO. The molecule has 1 N–H and O–H groups in total. The molecule has 2 rings (SSSR count). The van der Waals surface area contributed by atoms with Gasteiger partial charge in [-0.25, -0.2) is 0 Å². The molecule has 0 saturated heterocycles. The van der Waals surface area contributed by atoms with Crippen LogP contribution in [0.5, 0.6) is 0 Å². The van der Waals surface area contributed by atoms with E-state index in [0.29, 0.717) is 12.1 Å². The van der Waals surface area contributed by atoms with Crippen LogP contribution in [0.3, 0.4) is 0 Å². The second kappa shape index (κ2) is 9.04. The molecule has 20 heavy (non-hydrogen) atoms. The zero-order valence-corrected chi connectivity index (χ0v) is 13.7. The molecule has 0 radical (unpaired) electrons. The van der Waals surface area contributed by atoms with Gasteiger partial charge in [0, 0.05) is 12.6 Å². The maximum absolute atomic E-state index is 6.24. The van der Waals surface area contributed by atoms with Crippen molar-refractivity contribution in [1.29, 1.82) is 0 Å². The van der Waals surface area contributed by atoms with Crippen LogP contribution in [0.15, 0.2) is 0 Å². The van der Waals surface area contributed by atoms with Crippen LogP contribution in [0, 0.1) is 11.8 Å². The minimum Gasteiger partial charge on any atom is -0.377 e. The third kappa shape index (κ3) is 4.73. The van der Waals surface area contributed by atoms with Crippen molar-refractivity contribution in [3.63, 3.8) is 0 Å². The molecular weight excluding hydrogens is 246 g/mol. The number of likely N-dealkylation sites (N-methyl/N-ethyl adjacent to an activating group) is 1. The molecule has 2 nitrogen and oxygen atoms in total. The Bertz CT molecular complexity index is 244. The van der Waals surface area contributed by atoms with Crippen molar-refractivity contribution >= 4 is 0 Å². The van der Waals surface area contributed by atoms with Gasteiger partial charge < -0.3 is 10.1 Å². The summed E-state index contributed by atoms with van der Waals surface area (Å²) in [5.74, 6) is 1.75. The van der Waals surface area contributed by atoms with E-state index >= 15 is 0 Å². The van der Waals surface area contributed by atoms with Gasteiger partial charge in [0.15, 0.2) is 0 Å². The highest BCUT2D eigenvalue weighted by molar-refractivity contribution is 4.87. The minimum absolute atomic E-state index is 0.459. The first-order chi connectivity index (χ1) is 9.85. The van der Waals surface area contributed by atoms with Crippen LogP contribution in [0.4, 0.5) is 0 Å². The second-order valence-corrected chi connectivity index (χ2v) is 6.87. The first-order valence-corrected chi connectivity index (χ1v) is 9.20. The number of rotatable bonds is 8. The SMILES string of the molecule is CCNC(CC1CCCC1)C(OCC)C1CCCCC1. The molecule has 0 aromatic carbocycles. The quantitative estimate of drug-likeness (QED) is 0.706. The maximum atomic E-state index is 6.24. The molecule has 0 heterocycles. The Kier molecular flexibility index (Phi) is 7.37. The largest absolute Gasteiger partial charge is 0.377 e. The van der Waals surface area contributed by atoms with Crippen molar-refractivity contribution in [2.75, 3.05) is 13.2 Å². The van der Waals surface area contributed by atoms with Gasteiger partial charge in [0.25, 0.3) is 0 Å². The van der Waals surface area contributed by atoms with Gasteiger partial charge in [-0.3, -0.25) is 0 Å². The van der Waals surface area contributed by atoms with Gasteiger partial charge in [-0.05, 0) is 44.6 Å². The van der Waals surface area contributed by atoms with Crippen molar-refractivity contribution in [3.05, 3.63) is 0 Å². The Morgan fingerprint density at radius 2 is 1.60 bits per heavy atom. The van der Waals surface area contributed by atoms with E-state index in [1.54, 1.807) is 0 Å². The first kappa shape index (κ1) is 16.3. The molecule has 0 aromatic heterocycles. The van der Waals surface area contributed by atoms with Crippen molar-refractivity contribution < 1.29 is 4.74 Å². The van der Waals surface area contributed by atoms with Crippen LogP contribution in [-0.4, -0.2) is 25.3 Å². The summed E-state index contributed by atoms with van der Waals surface area (Å²) in [6.45, 7) is 6.35. The molecule has 2 heteroatoms. The number of hydrogen-bond donors (Lipinski definition) is 1. The van der Waals surface area contributed by atoms with E-state index in [-0.39, 0.29) is 0 Å². The molecule has 0 amide bonds. The number of ether oxygens (including phenoxy) is 1. The van der Waals surface area contributed by atoms with Crippen LogP contribution in [0.1, 0.15) is 78.1 Å². The highest BCUT2D eigenvalue weighted by Gasteiger charge is 2.32. The molecule has 2 saturated carbocycles. The average molecular weight is 281 g/mol. The van der Waals surface area contributed by atoms with Gasteiger partial charge in [-0.15, -0.1) is 0 Å². The minimum atomic E-state index is 0.459. The van der Waals surface area contributed by atoms with Crippen molar-refractivity contribution in [3.8, 4) is 0 Å². The first-order valence-electron chi connectivity index (χ1n) is 9.20. The average Bonchev–Trinajstić information content (AvgIpc) is 2.98. The van der Waals surface area contributed by atoms with Crippen molar-refractivity contribution in [2.45, 2.75) is 90.2 Å². The molecule has 2 fully saturated rings. The Morgan fingerprint density at radius 3 is 2.20 bits per heavy atom. The van der Waals surface area contributed by atoms with Gasteiger partial charge in [0.2, 0.25) is 0 Å². The summed E-state index contributed by atoms with van der Waals surface area (Å²) in [7, 11) is 0. The monoisotopic (exact) mass is 281 g/mol. The summed E-state index contributed by atoms with van der Waals surface area (Å²) in [4.78, 5) is 0. The predicted octanol–water partition coefficient (Wildman–Crippen LogP) is 4.53.